The van der Waals surface area contributed by atoms with Crippen LogP contribution in [0.15, 0.2) is 66.7 Å². The van der Waals surface area contributed by atoms with Crippen molar-refractivity contribution in [1.29, 1.82) is 0 Å². The van der Waals surface area contributed by atoms with Crippen molar-refractivity contribution in [2.75, 3.05) is 25.2 Å². The molecule has 1 aromatic heterocycles. The van der Waals surface area contributed by atoms with Crippen LogP contribution in [0.3, 0.4) is 0 Å². The van der Waals surface area contributed by atoms with Crippen LogP contribution in [0.5, 0.6) is 17.2 Å². The number of pyridine rings is 1. The molecule has 9 heteroatoms. The quantitative estimate of drug-likeness (QED) is 0.424. The average Bonchev–Trinajstić information content (AvgIpc) is 2.81. The van der Waals surface area contributed by atoms with E-state index in [1.165, 1.54) is 17.0 Å². The molecule has 2 heterocycles. The Balaban J connectivity index is 1.59. The second kappa shape index (κ2) is 8.70. The number of hydrogen-bond donors (Lipinski definition) is 0. The molecule has 31 heavy (non-hydrogen) atoms. The summed E-state index contributed by atoms with van der Waals surface area (Å²) in [5.74, 6) is 0.966. The topological polar surface area (TPSA) is 104 Å². The van der Waals surface area contributed by atoms with E-state index in [2.05, 4.69) is 4.98 Å². The number of nitrogens with zero attached hydrogens (tertiary/aromatic N) is 3. The molecule has 1 amide bonds. The molecule has 0 spiro atoms. The van der Waals surface area contributed by atoms with E-state index in [0.717, 1.165) is 0 Å². The molecule has 2 aromatic carbocycles. The number of methoxy groups -OCH3 is 1. The number of anilines is 1. The molecule has 1 atom stereocenters. The van der Waals surface area contributed by atoms with Crippen molar-refractivity contribution in [2.24, 2.45) is 0 Å². The highest BCUT2D eigenvalue weighted by molar-refractivity contribution is 5.99. The Kier molecular flexibility index (Phi) is 5.65. The lowest BCUT2D eigenvalue weighted by Crippen LogP contribution is -2.43. The first-order valence-corrected chi connectivity index (χ1v) is 9.52. The van der Waals surface area contributed by atoms with E-state index in [9.17, 15) is 14.9 Å². The van der Waals surface area contributed by atoms with Gasteiger partial charge in [-0.2, -0.15) is 0 Å². The first-order chi connectivity index (χ1) is 15.1. The molecule has 9 nitrogen and oxygen atoms in total. The first kappa shape index (κ1) is 20.1. The van der Waals surface area contributed by atoms with Gasteiger partial charge in [0.05, 0.1) is 13.7 Å². The van der Waals surface area contributed by atoms with Gasteiger partial charge in [0.25, 0.3) is 11.7 Å². The minimum absolute atomic E-state index is 0.102. The van der Waals surface area contributed by atoms with E-state index >= 15 is 0 Å². The van der Waals surface area contributed by atoms with Gasteiger partial charge in [0, 0.05) is 11.6 Å². The summed E-state index contributed by atoms with van der Waals surface area (Å²) in [6, 6.07) is 18.8. The predicted octanol–water partition coefficient (Wildman–Crippen LogP) is 3.54. The second-order valence-electron chi connectivity index (χ2n) is 6.67. The molecule has 3 aromatic rings. The number of carbonyl (C=O) groups is 1. The van der Waals surface area contributed by atoms with Crippen LogP contribution in [0, 0.1) is 10.1 Å². The molecule has 4 rings (SSSR count). The van der Waals surface area contributed by atoms with Crippen LogP contribution in [0.2, 0.25) is 0 Å². The number of nitro groups is 1. The van der Waals surface area contributed by atoms with Crippen LogP contribution in [-0.2, 0) is 4.79 Å². The lowest BCUT2D eigenvalue weighted by Gasteiger charge is -2.31. The van der Waals surface area contributed by atoms with Crippen LogP contribution in [0.4, 0.5) is 11.6 Å². The number of fused-ring (bicyclic) bond motifs is 1. The zero-order chi connectivity index (χ0) is 21.8. The fourth-order valence-electron chi connectivity index (χ4n) is 3.22. The number of aromatic nitrogens is 1. The van der Waals surface area contributed by atoms with Gasteiger partial charge in [0.2, 0.25) is 6.10 Å². The van der Waals surface area contributed by atoms with Gasteiger partial charge in [-0.25, -0.2) is 0 Å². The highest BCUT2D eigenvalue weighted by Gasteiger charge is 2.39. The van der Waals surface area contributed by atoms with Gasteiger partial charge in [-0.15, -0.1) is 0 Å². The summed E-state index contributed by atoms with van der Waals surface area (Å²) in [6.45, 7) is 0.294. The fraction of sp³-hybridized carbons (Fsp3) is 0.182. The van der Waals surface area contributed by atoms with E-state index in [1.54, 1.807) is 43.5 Å². The SMILES string of the molecule is COc1ccc(OCCN2C(=O)C(c3ccccc3)Oc3ccc([N+](=O)[O-])nc32)cc1. The third kappa shape index (κ3) is 4.25. The van der Waals surface area contributed by atoms with Gasteiger partial charge in [0.15, 0.2) is 5.75 Å². The molecule has 0 saturated heterocycles. The van der Waals surface area contributed by atoms with Gasteiger partial charge >= 0.3 is 5.82 Å². The van der Waals surface area contributed by atoms with E-state index in [1.807, 2.05) is 18.2 Å². The van der Waals surface area contributed by atoms with E-state index < -0.39 is 11.0 Å². The summed E-state index contributed by atoms with van der Waals surface area (Å²) in [4.78, 5) is 29.2. The van der Waals surface area contributed by atoms with Crippen molar-refractivity contribution in [3.63, 3.8) is 0 Å². The van der Waals surface area contributed by atoms with Crippen LogP contribution < -0.4 is 19.1 Å². The smallest absolute Gasteiger partial charge is 0.366 e. The summed E-state index contributed by atoms with van der Waals surface area (Å²) >= 11 is 0. The predicted molar refractivity (Wildman–Crippen MR) is 112 cm³/mol. The third-order valence-electron chi connectivity index (χ3n) is 4.75. The van der Waals surface area contributed by atoms with Crippen LogP contribution in [-0.4, -0.2) is 36.1 Å². The fourth-order valence-corrected chi connectivity index (χ4v) is 3.22. The highest BCUT2D eigenvalue weighted by atomic mass is 16.6. The van der Waals surface area contributed by atoms with Gasteiger partial charge < -0.3 is 24.3 Å². The maximum atomic E-state index is 13.2. The summed E-state index contributed by atoms with van der Waals surface area (Å²) in [5.41, 5.74) is 0.678. The number of benzene rings is 2. The monoisotopic (exact) mass is 421 g/mol. The summed E-state index contributed by atoms with van der Waals surface area (Å²) in [6.07, 6.45) is -0.877. The molecular formula is C22H19N3O6. The third-order valence-corrected chi connectivity index (χ3v) is 4.75. The zero-order valence-corrected chi connectivity index (χ0v) is 16.6. The van der Waals surface area contributed by atoms with Gasteiger partial charge in [-0.05, 0) is 40.2 Å². The highest BCUT2D eigenvalue weighted by Crippen LogP contribution is 2.38. The maximum Gasteiger partial charge on any atom is 0.366 e. The van der Waals surface area contributed by atoms with Gasteiger partial charge in [-0.3, -0.25) is 9.69 Å². The molecule has 0 saturated carbocycles. The average molecular weight is 421 g/mol. The standard InChI is InChI=1S/C22H19N3O6/c1-29-16-7-9-17(10-8-16)30-14-13-24-21-18(11-12-19(23-21)25(27)28)31-20(22(24)26)15-5-3-2-4-6-15/h2-12,20H,13-14H2,1H3. The first-order valence-electron chi connectivity index (χ1n) is 9.52. The number of hydrogen-bond acceptors (Lipinski definition) is 7. The minimum atomic E-state index is -0.877. The van der Waals surface area contributed by atoms with Crippen LogP contribution >= 0.6 is 0 Å². The summed E-state index contributed by atoms with van der Waals surface area (Å²) in [5, 5.41) is 11.2. The molecule has 1 aliphatic heterocycles. The van der Waals surface area contributed by atoms with Crippen molar-refractivity contribution < 1.29 is 23.9 Å². The molecule has 0 fully saturated rings. The van der Waals surface area contributed by atoms with Crippen molar-refractivity contribution in [3.8, 4) is 17.2 Å². The number of amides is 1. The largest absolute Gasteiger partial charge is 0.497 e. The lowest BCUT2D eigenvalue weighted by atomic mass is 10.1. The number of ether oxygens (including phenoxy) is 3. The van der Waals surface area contributed by atoms with Crippen LogP contribution in [0.25, 0.3) is 0 Å². The van der Waals surface area contributed by atoms with Crippen molar-refractivity contribution in [2.45, 2.75) is 6.10 Å². The normalized spacial score (nSPS) is 15.1. The van der Waals surface area contributed by atoms with E-state index in [0.29, 0.717) is 22.8 Å². The van der Waals surface area contributed by atoms with Crippen molar-refractivity contribution >= 4 is 17.5 Å². The Hall–Kier alpha value is -4.14. The number of carbonyl (C=O) groups excluding carboxylic acids is 1. The minimum Gasteiger partial charge on any atom is -0.497 e. The van der Waals surface area contributed by atoms with Gasteiger partial charge in [0.1, 0.15) is 18.1 Å². The van der Waals surface area contributed by atoms with Gasteiger partial charge in [-0.1, -0.05) is 30.3 Å². The lowest BCUT2D eigenvalue weighted by molar-refractivity contribution is -0.389. The molecule has 0 aliphatic carbocycles. The second-order valence-corrected chi connectivity index (χ2v) is 6.67. The van der Waals surface area contributed by atoms with E-state index in [4.69, 9.17) is 14.2 Å². The van der Waals surface area contributed by atoms with Crippen LogP contribution in [0.1, 0.15) is 11.7 Å². The Labute approximate surface area is 177 Å². The molecule has 1 unspecified atom stereocenters. The van der Waals surface area contributed by atoms with E-state index in [-0.39, 0.29) is 30.7 Å². The molecule has 0 bridgehead atoms. The van der Waals surface area contributed by atoms with Crippen molar-refractivity contribution in [3.05, 3.63) is 82.4 Å². The Morgan fingerprint density at radius 3 is 2.45 bits per heavy atom. The number of rotatable bonds is 7. The van der Waals surface area contributed by atoms with Crippen molar-refractivity contribution in [1.82, 2.24) is 4.98 Å². The molecule has 0 N–H and O–H groups in total. The Morgan fingerprint density at radius 2 is 1.77 bits per heavy atom. The molecule has 0 radical (unpaired) electrons. The Bertz CT molecular complexity index is 1090. The Morgan fingerprint density at radius 1 is 1.06 bits per heavy atom. The zero-order valence-electron chi connectivity index (χ0n) is 16.6. The summed E-state index contributed by atoms with van der Waals surface area (Å²) < 4.78 is 16.7. The molecule has 158 valence electrons. The molecular weight excluding hydrogens is 402 g/mol. The summed E-state index contributed by atoms with van der Waals surface area (Å²) in [7, 11) is 1.58. The maximum absolute atomic E-state index is 13.2. The molecule has 1 aliphatic rings.